The predicted molar refractivity (Wildman–Crippen MR) is 114 cm³/mol. The van der Waals surface area contributed by atoms with Crippen LogP contribution in [0, 0.1) is 0 Å². The minimum Gasteiger partial charge on any atom is -0.384 e. The van der Waals surface area contributed by atoms with E-state index < -0.39 is 0 Å². The van der Waals surface area contributed by atoms with Gasteiger partial charge in [-0.1, -0.05) is 13.5 Å². The molecule has 0 aliphatic carbocycles. The van der Waals surface area contributed by atoms with Crippen LogP contribution in [0.15, 0.2) is 59.9 Å². The number of nitrogens with zero attached hydrogens (tertiary/aromatic N) is 5. The average Bonchev–Trinajstić information content (AvgIpc) is 2.71. The second kappa shape index (κ2) is 9.98. The van der Waals surface area contributed by atoms with E-state index >= 15 is 0 Å². The molecule has 0 unspecified atom stereocenters. The van der Waals surface area contributed by atoms with Crippen LogP contribution >= 0.6 is 0 Å². The molecular weight excluding hydrogens is 370 g/mol. The van der Waals surface area contributed by atoms with Gasteiger partial charge < -0.3 is 16.4 Å². The van der Waals surface area contributed by atoms with Gasteiger partial charge >= 0.3 is 0 Å². The highest BCUT2D eigenvalue weighted by Gasteiger charge is 2.19. The summed E-state index contributed by atoms with van der Waals surface area (Å²) in [7, 11) is 0. The maximum absolute atomic E-state index is 11.5. The Balaban J connectivity index is 0.000000200. The predicted octanol–water partition coefficient (Wildman–Crippen LogP) is 2.03. The summed E-state index contributed by atoms with van der Waals surface area (Å²) in [4.78, 5) is 36.3. The highest BCUT2D eigenvalue weighted by Crippen LogP contribution is 2.20. The van der Waals surface area contributed by atoms with Crippen LogP contribution in [0.25, 0.3) is 5.69 Å². The quantitative estimate of drug-likeness (QED) is 0.678. The fraction of sp³-hybridized carbons (Fsp3) is 0.250. The van der Waals surface area contributed by atoms with E-state index in [0.29, 0.717) is 17.9 Å². The molecule has 0 spiro atoms. The molecular formula is C20H25N7O2. The van der Waals surface area contributed by atoms with E-state index in [0.717, 1.165) is 25.1 Å². The number of pyridine rings is 2. The van der Waals surface area contributed by atoms with Gasteiger partial charge in [0.2, 0.25) is 11.9 Å². The molecule has 29 heavy (non-hydrogen) atoms. The van der Waals surface area contributed by atoms with Crippen LogP contribution in [0.1, 0.15) is 26.7 Å². The largest absolute Gasteiger partial charge is 0.384 e. The molecule has 4 rings (SSSR count). The molecule has 3 aromatic heterocycles. The van der Waals surface area contributed by atoms with Gasteiger partial charge in [-0.25, -0.2) is 15.0 Å². The fourth-order valence-corrected chi connectivity index (χ4v) is 2.73. The topological polar surface area (TPSA) is 133 Å². The minimum atomic E-state index is -0.124. The molecule has 1 saturated heterocycles. The molecule has 9 heteroatoms. The van der Waals surface area contributed by atoms with Crippen LogP contribution in [0.3, 0.4) is 0 Å². The van der Waals surface area contributed by atoms with Crippen molar-refractivity contribution in [1.82, 2.24) is 19.5 Å². The van der Waals surface area contributed by atoms with Crippen molar-refractivity contribution in [3.8, 4) is 5.69 Å². The molecule has 0 atom stereocenters. The second-order valence-electron chi connectivity index (χ2n) is 6.15. The monoisotopic (exact) mass is 395 g/mol. The molecule has 1 fully saturated rings. The van der Waals surface area contributed by atoms with Crippen LogP contribution in [-0.4, -0.2) is 32.0 Å². The van der Waals surface area contributed by atoms with Gasteiger partial charge in [0.15, 0.2) is 0 Å². The molecule has 0 saturated carbocycles. The van der Waals surface area contributed by atoms with Crippen LogP contribution in [-0.2, 0) is 4.79 Å². The molecule has 1 aliphatic heterocycles. The Morgan fingerprint density at radius 3 is 2.21 bits per heavy atom. The first kappa shape index (κ1) is 21.5. The summed E-state index contributed by atoms with van der Waals surface area (Å²) in [5.41, 5.74) is 12.1. The van der Waals surface area contributed by atoms with E-state index in [1.807, 2.05) is 6.07 Å². The van der Waals surface area contributed by atoms with E-state index in [1.165, 1.54) is 23.0 Å². The number of hydrogen-bond acceptors (Lipinski definition) is 7. The molecule has 1 aliphatic rings. The lowest BCUT2D eigenvalue weighted by atomic mass is 10.1. The Kier molecular flexibility index (Phi) is 7.41. The zero-order chi connectivity index (χ0) is 19.9. The number of piperidine rings is 1. The van der Waals surface area contributed by atoms with Gasteiger partial charge in [0.05, 0.1) is 30.0 Å². The Morgan fingerprint density at radius 1 is 0.862 bits per heavy atom. The average molecular weight is 395 g/mol. The van der Waals surface area contributed by atoms with Gasteiger partial charge in [-0.15, -0.1) is 0 Å². The molecule has 9 nitrogen and oxygen atoms in total. The molecule has 4 heterocycles. The van der Waals surface area contributed by atoms with Crippen molar-refractivity contribution in [1.29, 1.82) is 0 Å². The maximum Gasteiger partial charge on any atom is 0.255 e. The first-order valence-corrected chi connectivity index (χ1v) is 8.82. The van der Waals surface area contributed by atoms with Crippen molar-refractivity contribution in [3.63, 3.8) is 0 Å². The number of hydrogen-bond donors (Lipinski definition) is 2. The van der Waals surface area contributed by atoms with E-state index in [-0.39, 0.29) is 24.8 Å². The third kappa shape index (κ3) is 5.61. The minimum absolute atomic E-state index is 0. The van der Waals surface area contributed by atoms with Gasteiger partial charge in [-0.3, -0.25) is 14.2 Å². The van der Waals surface area contributed by atoms with Crippen molar-refractivity contribution >= 4 is 23.4 Å². The standard InChI is InChI=1S/C10H13N3O.C9H8N4O.CH4/c11-9-5-4-8(7-12-9)13-6-2-1-3-10(13)14;10-9-11-5-7(6-12-9)13-4-2-1-3-8(13)14;/h4-5,7H,1-3,6H2,(H2,11,12);1-6H,(H2,10,11,12);1H4. The Labute approximate surface area is 169 Å². The van der Waals surface area contributed by atoms with Crippen molar-refractivity contribution in [2.24, 2.45) is 0 Å². The summed E-state index contributed by atoms with van der Waals surface area (Å²) in [5.74, 6) is 0.860. The number of nitrogens with two attached hydrogens (primary N) is 2. The van der Waals surface area contributed by atoms with Gasteiger partial charge in [0, 0.05) is 25.2 Å². The van der Waals surface area contributed by atoms with Gasteiger partial charge in [-0.05, 0) is 31.0 Å². The second-order valence-corrected chi connectivity index (χ2v) is 6.15. The van der Waals surface area contributed by atoms with Crippen LogP contribution in [0.4, 0.5) is 17.5 Å². The summed E-state index contributed by atoms with van der Waals surface area (Å²) in [6.45, 7) is 0.796. The Bertz CT molecular complexity index is 985. The highest BCUT2D eigenvalue weighted by atomic mass is 16.2. The van der Waals surface area contributed by atoms with Crippen molar-refractivity contribution in [3.05, 3.63) is 65.5 Å². The van der Waals surface area contributed by atoms with E-state index in [9.17, 15) is 9.59 Å². The number of amides is 1. The smallest absolute Gasteiger partial charge is 0.255 e. The maximum atomic E-state index is 11.5. The van der Waals surface area contributed by atoms with E-state index in [4.69, 9.17) is 11.5 Å². The third-order valence-corrected chi connectivity index (χ3v) is 4.16. The molecule has 152 valence electrons. The first-order valence-electron chi connectivity index (χ1n) is 8.82. The number of anilines is 3. The lowest BCUT2D eigenvalue weighted by molar-refractivity contribution is -0.119. The van der Waals surface area contributed by atoms with Crippen molar-refractivity contribution in [2.75, 3.05) is 22.9 Å². The number of nitrogen functional groups attached to an aromatic ring is 2. The third-order valence-electron chi connectivity index (χ3n) is 4.16. The van der Waals surface area contributed by atoms with Crippen LogP contribution in [0.5, 0.6) is 0 Å². The summed E-state index contributed by atoms with van der Waals surface area (Å²) in [5, 5.41) is 0. The summed E-state index contributed by atoms with van der Waals surface area (Å²) >= 11 is 0. The lowest BCUT2D eigenvalue weighted by Gasteiger charge is -2.26. The number of aromatic nitrogens is 4. The van der Waals surface area contributed by atoms with Crippen molar-refractivity contribution < 1.29 is 4.79 Å². The number of carbonyl (C=O) groups excluding carboxylic acids is 1. The zero-order valence-corrected chi connectivity index (χ0v) is 15.2. The summed E-state index contributed by atoms with van der Waals surface area (Å²) in [6.07, 6.45) is 9.02. The van der Waals surface area contributed by atoms with Crippen molar-refractivity contribution in [2.45, 2.75) is 26.7 Å². The zero-order valence-electron chi connectivity index (χ0n) is 15.2. The molecule has 0 bridgehead atoms. The van der Waals surface area contributed by atoms with Gasteiger partial charge in [0.25, 0.3) is 5.56 Å². The summed E-state index contributed by atoms with van der Waals surface area (Å²) in [6, 6.07) is 8.47. The Morgan fingerprint density at radius 2 is 1.59 bits per heavy atom. The molecule has 0 aromatic carbocycles. The molecule has 3 aromatic rings. The van der Waals surface area contributed by atoms with Gasteiger partial charge in [0.1, 0.15) is 5.82 Å². The highest BCUT2D eigenvalue weighted by molar-refractivity contribution is 5.93. The number of rotatable bonds is 2. The molecule has 4 N–H and O–H groups in total. The summed E-state index contributed by atoms with van der Waals surface area (Å²) < 4.78 is 1.44. The van der Waals surface area contributed by atoms with Gasteiger partial charge in [-0.2, -0.15) is 0 Å². The van der Waals surface area contributed by atoms with Crippen LogP contribution in [0.2, 0.25) is 0 Å². The SMILES string of the molecule is C.Nc1ccc(N2CCCCC2=O)cn1.Nc1ncc(-n2ccccc2=O)cn1. The van der Waals surface area contributed by atoms with Crippen LogP contribution < -0.4 is 21.9 Å². The molecule has 0 radical (unpaired) electrons. The Hall–Kier alpha value is -3.75. The van der Waals surface area contributed by atoms with E-state index in [2.05, 4.69) is 15.0 Å². The normalized spacial score (nSPS) is 13.1. The first-order chi connectivity index (χ1) is 13.5. The van der Waals surface area contributed by atoms with E-state index in [1.54, 1.807) is 35.5 Å². The fourth-order valence-electron chi connectivity index (χ4n) is 2.73. The molecule has 1 amide bonds. The number of carbonyl (C=O) groups is 1. The lowest BCUT2D eigenvalue weighted by Crippen LogP contribution is -2.35.